The molecule has 0 amide bonds. The van der Waals surface area contributed by atoms with Crippen LogP contribution in [0.1, 0.15) is 76.0 Å². The van der Waals surface area contributed by atoms with E-state index >= 15 is 0 Å². The second-order valence-electron chi connectivity index (χ2n) is 5.28. The van der Waals surface area contributed by atoms with Gasteiger partial charge in [-0.25, -0.2) is 0 Å². The molecule has 0 saturated heterocycles. The van der Waals surface area contributed by atoms with Crippen molar-refractivity contribution in [2.45, 2.75) is 64.8 Å². The fraction of sp³-hybridized carbons (Fsp3) is 0.625. The average molecular weight is 233 g/mol. The van der Waals surface area contributed by atoms with Crippen LogP contribution in [0.15, 0.2) is 24.3 Å². The number of hydrogen-bond donors (Lipinski definition) is 1. The summed E-state index contributed by atoms with van der Waals surface area (Å²) in [4.78, 5) is 0. The van der Waals surface area contributed by atoms with Gasteiger partial charge in [0, 0.05) is 6.04 Å². The van der Waals surface area contributed by atoms with Gasteiger partial charge in [-0.15, -0.1) is 0 Å². The molecule has 0 spiro atoms. The van der Waals surface area contributed by atoms with E-state index in [1.54, 1.807) is 0 Å². The fourth-order valence-electron chi connectivity index (χ4n) is 2.09. The molecule has 0 aliphatic carbocycles. The molecule has 0 bridgehead atoms. The molecule has 0 heterocycles. The van der Waals surface area contributed by atoms with Crippen molar-refractivity contribution in [1.29, 1.82) is 0 Å². The molecule has 1 heteroatoms. The van der Waals surface area contributed by atoms with Crippen molar-refractivity contribution in [2.24, 2.45) is 5.73 Å². The van der Waals surface area contributed by atoms with Crippen LogP contribution in [0.4, 0.5) is 0 Å². The molecule has 1 rings (SSSR count). The van der Waals surface area contributed by atoms with Gasteiger partial charge in [-0.3, -0.25) is 0 Å². The lowest BCUT2D eigenvalue weighted by molar-refractivity contribution is 0.566. The Bertz CT molecular complexity index is 300. The maximum Gasteiger partial charge on any atom is 0.0294 e. The predicted molar refractivity (Wildman–Crippen MR) is 76.2 cm³/mol. The van der Waals surface area contributed by atoms with E-state index in [4.69, 9.17) is 5.73 Å². The molecule has 1 unspecified atom stereocenters. The first kappa shape index (κ1) is 14.2. The molecule has 0 radical (unpaired) electrons. The molecule has 0 aliphatic rings. The summed E-state index contributed by atoms with van der Waals surface area (Å²) >= 11 is 0. The van der Waals surface area contributed by atoms with Gasteiger partial charge in [-0.2, -0.15) is 0 Å². The first-order valence-electron chi connectivity index (χ1n) is 7.00. The second-order valence-corrected chi connectivity index (χ2v) is 5.28. The maximum absolute atomic E-state index is 6.20. The highest BCUT2D eigenvalue weighted by Crippen LogP contribution is 2.21. The van der Waals surface area contributed by atoms with Gasteiger partial charge in [0.1, 0.15) is 0 Å². The number of hydrogen-bond acceptors (Lipinski definition) is 1. The summed E-state index contributed by atoms with van der Waals surface area (Å²) in [6, 6.07) is 9.03. The van der Waals surface area contributed by atoms with E-state index in [0.717, 1.165) is 6.42 Å². The van der Waals surface area contributed by atoms with Crippen molar-refractivity contribution in [3.05, 3.63) is 35.4 Å². The minimum Gasteiger partial charge on any atom is -0.324 e. The summed E-state index contributed by atoms with van der Waals surface area (Å²) in [6.45, 7) is 6.68. The van der Waals surface area contributed by atoms with Gasteiger partial charge in [0.25, 0.3) is 0 Å². The topological polar surface area (TPSA) is 26.0 Å². The number of benzene rings is 1. The predicted octanol–water partition coefficient (Wildman–Crippen LogP) is 4.78. The molecule has 1 aromatic rings. The minimum atomic E-state index is 0.216. The van der Waals surface area contributed by atoms with Gasteiger partial charge in [0.05, 0.1) is 0 Å². The van der Waals surface area contributed by atoms with Crippen LogP contribution in [0, 0.1) is 0 Å². The third-order valence-electron chi connectivity index (χ3n) is 3.40. The van der Waals surface area contributed by atoms with Crippen LogP contribution in [0.5, 0.6) is 0 Å². The smallest absolute Gasteiger partial charge is 0.0294 e. The second kappa shape index (κ2) is 7.50. The molecular weight excluding hydrogens is 206 g/mol. The van der Waals surface area contributed by atoms with Crippen LogP contribution in [0.3, 0.4) is 0 Å². The number of nitrogens with two attached hydrogens (primary N) is 1. The van der Waals surface area contributed by atoms with Crippen LogP contribution in [0.2, 0.25) is 0 Å². The van der Waals surface area contributed by atoms with Crippen LogP contribution in [-0.4, -0.2) is 0 Å². The third-order valence-corrected chi connectivity index (χ3v) is 3.40. The monoisotopic (exact) mass is 233 g/mol. The third kappa shape index (κ3) is 4.91. The lowest BCUT2D eigenvalue weighted by atomic mass is 9.97. The lowest BCUT2D eigenvalue weighted by Crippen LogP contribution is -2.10. The van der Waals surface area contributed by atoms with Gasteiger partial charge in [-0.05, 0) is 23.5 Å². The quantitative estimate of drug-likeness (QED) is 0.674. The van der Waals surface area contributed by atoms with Crippen LogP contribution < -0.4 is 5.73 Å². The van der Waals surface area contributed by atoms with Crippen molar-refractivity contribution in [3.8, 4) is 0 Å². The van der Waals surface area contributed by atoms with Gasteiger partial charge >= 0.3 is 0 Å². The zero-order valence-electron chi connectivity index (χ0n) is 11.6. The minimum absolute atomic E-state index is 0.216. The maximum atomic E-state index is 6.20. The standard InChI is InChI=1S/C16H27N/c1-4-5-6-7-8-16(17)15-11-9-14(10-12-15)13(2)3/h9-13,16H,4-8,17H2,1-3H3. The van der Waals surface area contributed by atoms with Crippen molar-refractivity contribution < 1.29 is 0 Å². The van der Waals surface area contributed by atoms with Crippen molar-refractivity contribution >= 4 is 0 Å². The van der Waals surface area contributed by atoms with E-state index in [1.165, 1.54) is 36.8 Å². The lowest BCUT2D eigenvalue weighted by Gasteiger charge is -2.13. The van der Waals surface area contributed by atoms with Crippen molar-refractivity contribution in [2.75, 3.05) is 0 Å². The Labute approximate surface area is 106 Å². The molecule has 0 saturated carbocycles. The Morgan fingerprint density at radius 1 is 0.941 bits per heavy atom. The number of rotatable bonds is 7. The largest absolute Gasteiger partial charge is 0.324 e. The van der Waals surface area contributed by atoms with E-state index in [9.17, 15) is 0 Å². The van der Waals surface area contributed by atoms with E-state index in [2.05, 4.69) is 45.0 Å². The summed E-state index contributed by atoms with van der Waals surface area (Å²) in [7, 11) is 0. The van der Waals surface area contributed by atoms with E-state index in [-0.39, 0.29) is 6.04 Å². The molecule has 1 atom stereocenters. The van der Waals surface area contributed by atoms with Crippen molar-refractivity contribution in [3.63, 3.8) is 0 Å². The molecule has 17 heavy (non-hydrogen) atoms. The van der Waals surface area contributed by atoms with E-state index in [0.29, 0.717) is 5.92 Å². The van der Waals surface area contributed by atoms with Crippen LogP contribution in [-0.2, 0) is 0 Å². The Morgan fingerprint density at radius 3 is 2.06 bits per heavy atom. The Morgan fingerprint density at radius 2 is 1.53 bits per heavy atom. The van der Waals surface area contributed by atoms with Gasteiger partial charge in [-0.1, -0.05) is 70.7 Å². The molecule has 1 aromatic carbocycles. The molecular formula is C16H27N. The van der Waals surface area contributed by atoms with Crippen LogP contribution in [0.25, 0.3) is 0 Å². The highest BCUT2D eigenvalue weighted by atomic mass is 14.6. The molecule has 1 nitrogen and oxygen atoms in total. The molecule has 0 aliphatic heterocycles. The van der Waals surface area contributed by atoms with Crippen molar-refractivity contribution in [1.82, 2.24) is 0 Å². The van der Waals surface area contributed by atoms with Gasteiger partial charge in [0.2, 0.25) is 0 Å². The van der Waals surface area contributed by atoms with Gasteiger partial charge < -0.3 is 5.73 Å². The summed E-state index contributed by atoms with van der Waals surface area (Å²) in [5.41, 5.74) is 8.88. The Balaban J connectivity index is 2.43. The summed E-state index contributed by atoms with van der Waals surface area (Å²) < 4.78 is 0. The van der Waals surface area contributed by atoms with Gasteiger partial charge in [0.15, 0.2) is 0 Å². The zero-order chi connectivity index (χ0) is 12.7. The summed E-state index contributed by atoms with van der Waals surface area (Å²) in [6.07, 6.45) is 6.30. The van der Waals surface area contributed by atoms with E-state index in [1.807, 2.05) is 0 Å². The first-order chi connectivity index (χ1) is 8.15. The molecule has 96 valence electrons. The van der Waals surface area contributed by atoms with Crippen LogP contribution >= 0.6 is 0 Å². The highest BCUT2D eigenvalue weighted by Gasteiger charge is 2.06. The summed E-state index contributed by atoms with van der Waals surface area (Å²) in [5.74, 6) is 0.602. The van der Waals surface area contributed by atoms with E-state index < -0.39 is 0 Å². The highest BCUT2D eigenvalue weighted by molar-refractivity contribution is 5.26. The molecule has 2 N–H and O–H groups in total. The fourth-order valence-corrected chi connectivity index (χ4v) is 2.09. The average Bonchev–Trinajstić information content (AvgIpc) is 2.34. The zero-order valence-corrected chi connectivity index (χ0v) is 11.6. The first-order valence-corrected chi connectivity index (χ1v) is 7.00. The Kier molecular flexibility index (Phi) is 6.28. The number of unbranched alkanes of at least 4 members (excludes halogenated alkanes) is 3. The molecule has 0 aromatic heterocycles. The SMILES string of the molecule is CCCCCCC(N)c1ccc(C(C)C)cc1. The summed E-state index contributed by atoms with van der Waals surface area (Å²) in [5, 5.41) is 0. The normalized spacial score (nSPS) is 13.0. The Hall–Kier alpha value is -0.820. The molecule has 0 fully saturated rings.